The van der Waals surface area contributed by atoms with Crippen LogP contribution in [0.15, 0.2) is 77.7 Å². The molecular formula is C33H43N3O5S. The van der Waals surface area contributed by atoms with E-state index in [1.54, 1.807) is 36.4 Å². The average Bonchev–Trinajstić information content (AvgIpc) is 2.97. The van der Waals surface area contributed by atoms with Crippen LogP contribution in [0, 0.1) is 13.8 Å². The number of rotatable bonds is 14. The molecule has 0 unspecified atom stereocenters. The lowest BCUT2D eigenvalue weighted by molar-refractivity contribution is -0.140. The van der Waals surface area contributed by atoms with E-state index in [0.29, 0.717) is 18.8 Å². The monoisotopic (exact) mass is 593 g/mol. The van der Waals surface area contributed by atoms with Gasteiger partial charge in [0.15, 0.2) is 0 Å². The first-order valence-corrected chi connectivity index (χ1v) is 15.9. The molecule has 8 nitrogen and oxygen atoms in total. The Kier molecular flexibility index (Phi) is 11.6. The lowest BCUT2D eigenvalue weighted by atomic mass is 10.1. The molecule has 3 rings (SSSR count). The number of benzene rings is 3. The van der Waals surface area contributed by atoms with Crippen LogP contribution in [0.5, 0.6) is 5.75 Å². The van der Waals surface area contributed by atoms with E-state index in [0.717, 1.165) is 27.4 Å². The molecule has 0 radical (unpaired) electrons. The number of nitrogens with zero attached hydrogens (tertiary/aromatic N) is 2. The molecule has 226 valence electrons. The smallest absolute Gasteiger partial charge is 0.264 e. The first-order valence-electron chi connectivity index (χ1n) is 14.5. The lowest BCUT2D eigenvalue weighted by Crippen LogP contribution is -2.53. The molecule has 1 N–H and O–H groups in total. The van der Waals surface area contributed by atoms with Crippen LogP contribution in [-0.2, 0) is 26.2 Å². The zero-order valence-corrected chi connectivity index (χ0v) is 26.3. The van der Waals surface area contributed by atoms with Gasteiger partial charge in [-0.15, -0.1) is 0 Å². The van der Waals surface area contributed by atoms with Crippen molar-refractivity contribution < 1.29 is 22.7 Å². The molecule has 0 aliphatic rings. The van der Waals surface area contributed by atoms with Crippen LogP contribution >= 0.6 is 0 Å². The van der Waals surface area contributed by atoms with Crippen molar-refractivity contribution in [2.24, 2.45) is 0 Å². The number of amides is 2. The summed E-state index contributed by atoms with van der Waals surface area (Å²) >= 11 is 0. The summed E-state index contributed by atoms with van der Waals surface area (Å²) in [5.41, 5.74) is 3.01. The molecule has 42 heavy (non-hydrogen) atoms. The van der Waals surface area contributed by atoms with Gasteiger partial charge in [-0.3, -0.25) is 13.9 Å². The Morgan fingerprint density at radius 1 is 0.881 bits per heavy atom. The Hall–Kier alpha value is -3.85. The summed E-state index contributed by atoms with van der Waals surface area (Å²) in [6.07, 6.45) is 1.10. The number of aryl methyl sites for hydroxylation is 2. The molecule has 0 saturated carbocycles. The molecule has 3 aromatic carbocycles. The van der Waals surface area contributed by atoms with E-state index in [2.05, 4.69) is 5.32 Å². The van der Waals surface area contributed by atoms with Gasteiger partial charge in [0, 0.05) is 12.6 Å². The predicted molar refractivity (Wildman–Crippen MR) is 167 cm³/mol. The van der Waals surface area contributed by atoms with E-state index in [4.69, 9.17) is 4.74 Å². The molecule has 0 saturated heterocycles. The van der Waals surface area contributed by atoms with E-state index in [-0.39, 0.29) is 29.1 Å². The molecule has 0 spiro atoms. The minimum absolute atomic E-state index is 0.0548. The van der Waals surface area contributed by atoms with Crippen molar-refractivity contribution in [3.63, 3.8) is 0 Å². The van der Waals surface area contributed by atoms with Crippen molar-refractivity contribution in [1.29, 1.82) is 0 Å². The highest BCUT2D eigenvalue weighted by Crippen LogP contribution is 2.33. The molecule has 0 aromatic heterocycles. The van der Waals surface area contributed by atoms with Gasteiger partial charge in [0.1, 0.15) is 18.3 Å². The van der Waals surface area contributed by atoms with Crippen molar-refractivity contribution in [3.05, 3.63) is 89.5 Å². The quantitative estimate of drug-likeness (QED) is 0.262. The zero-order valence-electron chi connectivity index (χ0n) is 25.5. The lowest BCUT2D eigenvalue weighted by Gasteiger charge is -2.34. The van der Waals surface area contributed by atoms with E-state index >= 15 is 0 Å². The van der Waals surface area contributed by atoms with E-state index in [1.807, 2.05) is 65.8 Å². The summed E-state index contributed by atoms with van der Waals surface area (Å²) in [7, 11) is -4.19. The maximum Gasteiger partial charge on any atom is 0.264 e. The summed E-state index contributed by atoms with van der Waals surface area (Å²) in [5.74, 6) is -0.418. The number of hydrogen-bond donors (Lipinski definition) is 1. The van der Waals surface area contributed by atoms with Gasteiger partial charge in [-0.1, -0.05) is 67.9 Å². The minimum Gasteiger partial charge on any atom is -0.492 e. The number of para-hydroxylation sites is 2. The third kappa shape index (κ3) is 7.91. The van der Waals surface area contributed by atoms with Crippen LogP contribution in [0.4, 0.5) is 5.69 Å². The van der Waals surface area contributed by atoms with E-state index in [9.17, 15) is 18.0 Å². The Morgan fingerprint density at radius 2 is 1.52 bits per heavy atom. The first kappa shape index (κ1) is 32.7. The number of ether oxygens (including phenoxy) is 1. The molecule has 2 amide bonds. The van der Waals surface area contributed by atoms with Gasteiger partial charge in [-0.25, -0.2) is 8.42 Å². The number of anilines is 1. The summed E-state index contributed by atoms with van der Waals surface area (Å²) in [4.78, 5) is 29.3. The Balaban J connectivity index is 2.12. The van der Waals surface area contributed by atoms with Crippen LogP contribution in [0.25, 0.3) is 0 Å². The standard InChI is InChI=1S/C33H43N3O5S/c1-7-26(6)34-33(38)29(8-2)35(22-27-15-11-10-14-25(27)5)32(37)23-36(30-16-12-13-17-31(30)41-9-3)42(39,40)28-20-18-24(4)19-21-28/h10-21,26,29H,7-9,22-23H2,1-6H3,(H,34,38)/t26-,29-/m0/s1. The maximum atomic E-state index is 14.3. The van der Waals surface area contributed by atoms with Crippen molar-refractivity contribution in [3.8, 4) is 5.75 Å². The largest absolute Gasteiger partial charge is 0.492 e. The third-order valence-corrected chi connectivity index (χ3v) is 9.08. The highest BCUT2D eigenvalue weighted by molar-refractivity contribution is 7.92. The summed E-state index contributed by atoms with van der Waals surface area (Å²) in [6, 6.07) is 20.1. The first-order chi connectivity index (χ1) is 20.0. The van der Waals surface area contributed by atoms with Gasteiger partial charge < -0.3 is 15.0 Å². The van der Waals surface area contributed by atoms with Gasteiger partial charge in [-0.05, 0) is 75.9 Å². The van der Waals surface area contributed by atoms with Gasteiger partial charge >= 0.3 is 0 Å². The van der Waals surface area contributed by atoms with E-state index < -0.39 is 28.5 Å². The Bertz CT molecular complexity index is 1460. The average molecular weight is 594 g/mol. The SMILES string of the molecule is CCOc1ccccc1N(CC(=O)N(Cc1ccccc1C)[C@@H](CC)C(=O)N[C@@H](C)CC)S(=O)(=O)c1ccc(C)cc1. The van der Waals surface area contributed by atoms with Crippen LogP contribution < -0.4 is 14.4 Å². The Labute approximate surface area is 250 Å². The molecule has 0 heterocycles. The fourth-order valence-electron chi connectivity index (χ4n) is 4.62. The summed E-state index contributed by atoms with van der Waals surface area (Å²) < 4.78 is 35.2. The van der Waals surface area contributed by atoms with Crippen molar-refractivity contribution in [2.45, 2.75) is 77.9 Å². The zero-order chi connectivity index (χ0) is 30.9. The van der Waals surface area contributed by atoms with E-state index in [1.165, 1.54) is 17.0 Å². The van der Waals surface area contributed by atoms with Crippen LogP contribution in [0.3, 0.4) is 0 Å². The molecule has 0 aliphatic carbocycles. The normalized spacial score (nSPS) is 12.7. The molecular weight excluding hydrogens is 550 g/mol. The molecule has 9 heteroatoms. The predicted octanol–water partition coefficient (Wildman–Crippen LogP) is 5.62. The second-order valence-electron chi connectivity index (χ2n) is 10.4. The highest BCUT2D eigenvalue weighted by Gasteiger charge is 2.35. The second-order valence-corrected chi connectivity index (χ2v) is 12.3. The van der Waals surface area contributed by atoms with Gasteiger partial charge in [0.25, 0.3) is 10.0 Å². The van der Waals surface area contributed by atoms with Crippen molar-refractivity contribution >= 4 is 27.5 Å². The van der Waals surface area contributed by atoms with Crippen molar-refractivity contribution in [2.75, 3.05) is 17.5 Å². The van der Waals surface area contributed by atoms with Crippen molar-refractivity contribution in [1.82, 2.24) is 10.2 Å². The van der Waals surface area contributed by atoms with Gasteiger partial charge in [-0.2, -0.15) is 0 Å². The molecule has 0 bridgehead atoms. The molecule has 0 fully saturated rings. The number of sulfonamides is 1. The fraction of sp³-hybridized carbons (Fsp3) is 0.394. The topological polar surface area (TPSA) is 96.0 Å². The summed E-state index contributed by atoms with van der Waals surface area (Å²) in [5, 5.41) is 3.00. The highest BCUT2D eigenvalue weighted by atomic mass is 32.2. The second kappa shape index (κ2) is 14.9. The Morgan fingerprint density at radius 3 is 2.14 bits per heavy atom. The molecule has 3 aromatic rings. The van der Waals surface area contributed by atoms with Gasteiger partial charge in [0.05, 0.1) is 17.2 Å². The van der Waals surface area contributed by atoms with Crippen LogP contribution in [0.2, 0.25) is 0 Å². The minimum atomic E-state index is -4.19. The number of nitrogens with one attached hydrogen (secondary N) is 1. The maximum absolute atomic E-state index is 14.3. The molecule has 0 aliphatic heterocycles. The number of carbonyl (C=O) groups excluding carboxylic acids is 2. The fourth-order valence-corrected chi connectivity index (χ4v) is 6.05. The number of carbonyl (C=O) groups is 2. The number of hydrogen-bond acceptors (Lipinski definition) is 5. The van der Waals surface area contributed by atoms with Crippen LogP contribution in [0.1, 0.15) is 57.2 Å². The molecule has 2 atom stereocenters. The van der Waals surface area contributed by atoms with Gasteiger partial charge in [0.2, 0.25) is 11.8 Å². The third-order valence-electron chi connectivity index (χ3n) is 7.31. The van der Waals surface area contributed by atoms with Crippen LogP contribution in [-0.4, -0.2) is 50.4 Å². The summed E-state index contributed by atoms with van der Waals surface area (Å²) in [6.45, 7) is 11.3.